The second kappa shape index (κ2) is 9.44. The summed E-state index contributed by atoms with van der Waals surface area (Å²) in [4.78, 5) is 17.0. The molecule has 166 valence electrons. The Morgan fingerprint density at radius 3 is 2.70 bits per heavy atom. The zero-order valence-electron chi connectivity index (χ0n) is 17.0. The minimum Gasteiger partial charge on any atom is -0.326 e. The molecule has 2 aliphatic heterocycles. The van der Waals surface area contributed by atoms with Gasteiger partial charge in [0.1, 0.15) is 5.84 Å². The molecular weight excluding hydrogens is 428 g/mol. The van der Waals surface area contributed by atoms with E-state index in [1.165, 1.54) is 16.4 Å². The second-order valence-electron chi connectivity index (χ2n) is 7.72. The van der Waals surface area contributed by atoms with Crippen molar-refractivity contribution >= 4 is 37.5 Å². The van der Waals surface area contributed by atoms with E-state index in [2.05, 4.69) is 15.0 Å². The summed E-state index contributed by atoms with van der Waals surface area (Å²) in [7, 11) is -7.16. The fourth-order valence-electron chi connectivity index (χ4n) is 3.61. The molecule has 2 N–H and O–H groups in total. The van der Waals surface area contributed by atoms with Gasteiger partial charge in [-0.15, -0.1) is 0 Å². The summed E-state index contributed by atoms with van der Waals surface area (Å²) in [6.07, 6.45) is 5.77. The van der Waals surface area contributed by atoms with Crippen LogP contribution in [0.15, 0.2) is 34.2 Å². The van der Waals surface area contributed by atoms with Gasteiger partial charge in [-0.25, -0.2) is 21.1 Å². The lowest BCUT2D eigenvalue weighted by Crippen LogP contribution is -2.43. The first-order valence-electron chi connectivity index (χ1n) is 10.1. The van der Waals surface area contributed by atoms with Crippen LogP contribution in [0.25, 0.3) is 0 Å². The van der Waals surface area contributed by atoms with Gasteiger partial charge in [-0.1, -0.05) is 12.5 Å². The quantitative estimate of drug-likeness (QED) is 0.695. The standard InChI is InChI=1S/C19H28N4O5S2/c1-29(25,26)23-12-6-7-15(14-23)19(24)21-16-8-5-9-17(13-16)30(27,28)22-18-10-3-2-4-11-20-18/h5,8-9,13,15H,2-4,6-7,10-12,14H2,1H3,(H,20,22)(H,21,24). The SMILES string of the molecule is CS(=O)(=O)N1CCCC(C(=O)Nc2cccc(S(=O)(=O)NC3=NCCCCC3)c2)C1. The molecule has 0 saturated carbocycles. The Bertz CT molecular complexity index is 1020. The zero-order valence-corrected chi connectivity index (χ0v) is 18.6. The smallest absolute Gasteiger partial charge is 0.262 e. The number of carbonyl (C=O) groups is 1. The highest BCUT2D eigenvalue weighted by Gasteiger charge is 2.30. The van der Waals surface area contributed by atoms with Crippen LogP contribution in [0.3, 0.4) is 0 Å². The number of amidine groups is 1. The summed E-state index contributed by atoms with van der Waals surface area (Å²) in [6.45, 7) is 1.15. The molecule has 30 heavy (non-hydrogen) atoms. The molecule has 2 aliphatic rings. The van der Waals surface area contributed by atoms with E-state index in [1.54, 1.807) is 12.1 Å². The molecule has 0 radical (unpaired) electrons. The molecule has 1 aromatic rings. The van der Waals surface area contributed by atoms with E-state index in [0.29, 0.717) is 43.9 Å². The summed E-state index contributed by atoms with van der Waals surface area (Å²) >= 11 is 0. The predicted octanol–water partition coefficient (Wildman–Crippen LogP) is 1.55. The van der Waals surface area contributed by atoms with Crippen molar-refractivity contribution in [1.29, 1.82) is 0 Å². The van der Waals surface area contributed by atoms with E-state index >= 15 is 0 Å². The summed E-state index contributed by atoms with van der Waals surface area (Å²) < 4.78 is 52.8. The van der Waals surface area contributed by atoms with Crippen molar-refractivity contribution in [3.05, 3.63) is 24.3 Å². The molecule has 3 rings (SSSR count). The monoisotopic (exact) mass is 456 g/mol. The molecule has 1 fully saturated rings. The number of sulfonamides is 2. The lowest BCUT2D eigenvalue weighted by Gasteiger charge is -2.30. The van der Waals surface area contributed by atoms with Crippen molar-refractivity contribution in [3.8, 4) is 0 Å². The molecule has 0 aromatic heterocycles. The molecule has 2 heterocycles. The Hall–Kier alpha value is -1.98. The molecule has 1 aromatic carbocycles. The summed E-state index contributed by atoms with van der Waals surface area (Å²) in [5.74, 6) is -0.337. The topological polar surface area (TPSA) is 125 Å². The number of rotatable bonds is 5. The van der Waals surface area contributed by atoms with Gasteiger partial charge in [-0.05, 0) is 43.9 Å². The fraction of sp³-hybridized carbons (Fsp3) is 0.579. The highest BCUT2D eigenvalue weighted by Crippen LogP contribution is 2.22. The molecule has 9 nitrogen and oxygen atoms in total. The first kappa shape index (κ1) is 22.7. The Morgan fingerprint density at radius 1 is 1.13 bits per heavy atom. The Labute approximate surface area is 178 Å². The molecule has 1 atom stereocenters. The number of amides is 1. The van der Waals surface area contributed by atoms with Crippen LogP contribution in [0.4, 0.5) is 5.69 Å². The van der Waals surface area contributed by atoms with Crippen molar-refractivity contribution < 1.29 is 21.6 Å². The Kier molecular flexibility index (Phi) is 7.14. The van der Waals surface area contributed by atoms with Crippen LogP contribution < -0.4 is 10.0 Å². The van der Waals surface area contributed by atoms with E-state index in [0.717, 1.165) is 25.5 Å². The molecule has 1 amide bonds. The van der Waals surface area contributed by atoms with Gasteiger partial charge in [0.2, 0.25) is 15.9 Å². The van der Waals surface area contributed by atoms with Crippen molar-refractivity contribution in [3.63, 3.8) is 0 Å². The number of aliphatic imine (C=N–C) groups is 1. The summed E-state index contributed by atoms with van der Waals surface area (Å²) in [5.41, 5.74) is 0.349. The molecule has 1 unspecified atom stereocenters. The number of hydrogen-bond acceptors (Lipinski definition) is 6. The molecule has 0 spiro atoms. The maximum Gasteiger partial charge on any atom is 0.262 e. The van der Waals surface area contributed by atoms with Gasteiger partial charge in [0, 0.05) is 31.7 Å². The van der Waals surface area contributed by atoms with Gasteiger partial charge in [0.05, 0.1) is 17.1 Å². The van der Waals surface area contributed by atoms with Crippen molar-refractivity contribution in [2.75, 3.05) is 31.2 Å². The molecule has 0 bridgehead atoms. The van der Waals surface area contributed by atoms with Gasteiger partial charge in [0.15, 0.2) is 0 Å². The van der Waals surface area contributed by atoms with Gasteiger partial charge in [-0.3, -0.25) is 14.5 Å². The van der Waals surface area contributed by atoms with E-state index in [1.807, 2.05) is 0 Å². The lowest BCUT2D eigenvalue weighted by molar-refractivity contribution is -0.120. The predicted molar refractivity (Wildman–Crippen MR) is 115 cm³/mol. The highest BCUT2D eigenvalue weighted by molar-refractivity contribution is 7.90. The minimum absolute atomic E-state index is 0.0358. The van der Waals surface area contributed by atoms with E-state index < -0.39 is 26.0 Å². The van der Waals surface area contributed by atoms with Crippen LogP contribution in [0, 0.1) is 5.92 Å². The number of piperidine rings is 1. The Morgan fingerprint density at radius 2 is 1.93 bits per heavy atom. The summed E-state index contributed by atoms with van der Waals surface area (Å²) in [6, 6.07) is 6.02. The van der Waals surface area contributed by atoms with Gasteiger partial charge >= 0.3 is 0 Å². The molecule has 1 saturated heterocycles. The number of benzene rings is 1. The van der Waals surface area contributed by atoms with Crippen LogP contribution in [0.2, 0.25) is 0 Å². The third-order valence-electron chi connectivity index (χ3n) is 5.26. The van der Waals surface area contributed by atoms with Crippen LogP contribution >= 0.6 is 0 Å². The van der Waals surface area contributed by atoms with Crippen LogP contribution in [-0.2, 0) is 24.8 Å². The van der Waals surface area contributed by atoms with Crippen LogP contribution in [-0.4, -0.2) is 58.8 Å². The van der Waals surface area contributed by atoms with Gasteiger partial charge in [0.25, 0.3) is 10.0 Å². The molecule has 0 aliphatic carbocycles. The minimum atomic E-state index is -3.81. The fourth-order valence-corrected chi connectivity index (χ4v) is 5.66. The number of carbonyl (C=O) groups excluding carboxylic acids is 1. The van der Waals surface area contributed by atoms with Gasteiger partial charge in [-0.2, -0.15) is 0 Å². The average molecular weight is 457 g/mol. The van der Waals surface area contributed by atoms with Crippen molar-refractivity contribution in [1.82, 2.24) is 9.03 Å². The number of nitrogens with zero attached hydrogens (tertiary/aromatic N) is 2. The average Bonchev–Trinajstić information content (AvgIpc) is 2.96. The third kappa shape index (κ3) is 6.02. The van der Waals surface area contributed by atoms with E-state index in [-0.39, 0.29) is 17.3 Å². The first-order chi connectivity index (χ1) is 14.1. The highest BCUT2D eigenvalue weighted by atomic mass is 32.2. The normalized spacial score (nSPS) is 21.4. The Balaban J connectivity index is 1.69. The van der Waals surface area contributed by atoms with Crippen molar-refractivity contribution in [2.45, 2.75) is 43.4 Å². The molecular formula is C19H28N4O5S2. The number of anilines is 1. The van der Waals surface area contributed by atoms with Gasteiger partial charge < -0.3 is 5.32 Å². The van der Waals surface area contributed by atoms with Crippen molar-refractivity contribution in [2.24, 2.45) is 10.9 Å². The first-order valence-corrected chi connectivity index (χ1v) is 13.4. The maximum absolute atomic E-state index is 12.7. The lowest BCUT2D eigenvalue weighted by atomic mass is 9.99. The van der Waals surface area contributed by atoms with Crippen LogP contribution in [0.1, 0.15) is 38.5 Å². The largest absolute Gasteiger partial charge is 0.326 e. The summed E-state index contributed by atoms with van der Waals surface area (Å²) in [5, 5.41) is 2.73. The van der Waals surface area contributed by atoms with Crippen LogP contribution in [0.5, 0.6) is 0 Å². The van der Waals surface area contributed by atoms with E-state index in [4.69, 9.17) is 0 Å². The molecule has 11 heteroatoms. The van der Waals surface area contributed by atoms with E-state index in [9.17, 15) is 21.6 Å². The maximum atomic E-state index is 12.7. The zero-order chi connectivity index (χ0) is 21.8. The number of hydrogen-bond donors (Lipinski definition) is 2. The second-order valence-corrected chi connectivity index (χ2v) is 11.4. The number of nitrogens with one attached hydrogen (secondary N) is 2. The third-order valence-corrected chi connectivity index (χ3v) is 7.91.